The lowest BCUT2D eigenvalue weighted by Gasteiger charge is -2.11. The van der Waals surface area contributed by atoms with Crippen molar-refractivity contribution in [1.29, 1.82) is 0 Å². The number of hydrogen-bond donors (Lipinski definition) is 1. The highest BCUT2D eigenvalue weighted by molar-refractivity contribution is 7.99. The number of carbonyl (C=O) groups excluding carboxylic acids is 1. The van der Waals surface area contributed by atoms with E-state index in [1.54, 1.807) is 42.6 Å². The van der Waals surface area contributed by atoms with Crippen LogP contribution in [0, 0.1) is 11.8 Å². The second-order valence-electron chi connectivity index (χ2n) is 7.07. The minimum absolute atomic E-state index is 0.251. The molecule has 1 amide bonds. The molecule has 1 heterocycles. The smallest absolute Gasteiger partial charge is 0.264 e. The molecule has 0 fully saturated rings. The molecule has 1 aromatic heterocycles. The summed E-state index contributed by atoms with van der Waals surface area (Å²) in [5.74, 6) is 10.7. The summed E-state index contributed by atoms with van der Waals surface area (Å²) in [7, 11) is -2.98. The first-order valence-electron chi connectivity index (χ1n) is 10.0. The number of hydrogen-bond acceptors (Lipinski definition) is 4. The number of nitrogens with one attached hydrogen (secondary N) is 1. The van der Waals surface area contributed by atoms with Gasteiger partial charge in [0.25, 0.3) is 5.91 Å². The molecule has 0 saturated carbocycles. The highest BCUT2D eigenvalue weighted by Gasteiger charge is 2.14. The van der Waals surface area contributed by atoms with Crippen LogP contribution in [-0.2, 0) is 9.71 Å². The molecule has 162 valence electrons. The zero-order valence-corrected chi connectivity index (χ0v) is 18.4. The quantitative estimate of drug-likeness (QED) is 0.352. The van der Waals surface area contributed by atoms with Crippen LogP contribution in [0.15, 0.2) is 108 Å². The Morgan fingerprint density at radius 3 is 2.12 bits per heavy atom. The largest absolute Gasteiger partial charge is 0.457 e. The predicted octanol–water partition coefficient (Wildman–Crippen LogP) is 4.69. The van der Waals surface area contributed by atoms with Crippen LogP contribution in [0.4, 0.5) is 0 Å². The summed E-state index contributed by atoms with van der Waals surface area (Å²) in [6.45, 7) is 0. The molecule has 0 aliphatic rings. The van der Waals surface area contributed by atoms with Crippen LogP contribution >= 0.6 is 0 Å². The van der Waals surface area contributed by atoms with Gasteiger partial charge in [0.1, 0.15) is 11.5 Å². The first-order chi connectivity index (χ1) is 16.0. The van der Waals surface area contributed by atoms with Gasteiger partial charge in [0, 0.05) is 28.4 Å². The monoisotopic (exact) mass is 452 g/mol. The molecule has 0 aliphatic heterocycles. The molecule has 0 spiro atoms. The summed E-state index contributed by atoms with van der Waals surface area (Å²) in [6.07, 6.45) is 2.96. The molecule has 0 saturated heterocycles. The minimum Gasteiger partial charge on any atom is -0.457 e. The molecule has 3 aromatic carbocycles. The zero-order chi connectivity index (χ0) is 23.1. The van der Waals surface area contributed by atoms with E-state index in [-0.39, 0.29) is 5.56 Å². The number of para-hydroxylation sites is 1. The average Bonchev–Trinajstić information content (AvgIpc) is 2.85. The maximum atomic E-state index is 12.8. The Labute approximate surface area is 193 Å². The van der Waals surface area contributed by atoms with Crippen LogP contribution in [0.25, 0.3) is 0 Å². The van der Waals surface area contributed by atoms with Gasteiger partial charge in [-0.2, -0.15) is 0 Å². The van der Waals surface area contributed by atoms with Crippen molar-refractivity contribution in [2.24, 2.45) is 0 Å². The van der Waals surface area contributed by atoms with E-state index < -0.39 is 15.6 Å². The number of benzene rings is 3. The fraction of sp³-hybridized carbons (Fsp3) is 0. The standard InChI is InChI=1S/C27H20N2O3S/c1-33(31,26-10-6-3-7-11-26)29-27(30)23-18-22(19-28-20-23)13-12-21-14-16-25(17-15-21)32-24-8-4-2-5-9-24/h2-11,14-20H,1H2,(H,29,30,31). The molecule has 0 radical (unpaired) electrons. The normalized spacial score (nSPS) is 12.0. The van der Waals surface area contributed by atoms with Gasteiger partial charge < -0.3 is 4.74 Å². The van der Waals surface area contributed by atoms with Crippen LogP contribution in [0.1, 0.15) is 21.5 Å². The van der Waals surface area contributed by atoms with Crippen molar-refractivity contribution >= 4 is 21.5 Å². The topological polar surface area (TPSA) is 68.3 Å². The maximum Gasteiger partial charge on any atom is 0.264 e. The Hall–Kier alpha value is -4.34. The van der Waals surface area contributed by atoms with Crippen molar-refractivity contribution in [3.63, 3.8) is 0 Å². The lowest BCUT2D eigenvalue weighted by molar-refractivity contribution is 0.0982. The number of ether oxygens (including phenoxy) is 1. The summed E-state index contributed by atoms with van der Waals surface area (Å²) < 4.78 is 21.1. The maximum absolute atomic E-state index is 12.8. The van der Waals surface area contributed by atoms with E-state index >= 15 is 0 Å². The Bertz CT molecular complexity index is 1420. The van der Waals surface area contributed by atoms with Gasteiger partial charge in [-0.1, -0.05) is 48.2 Å². The van der Waals surface area contributed by atoms with Crippen LogP contribution in [0.2, 0.25) is 0 Å². The Balaban J connectivity index is 1.45. The number of rotatable bonds is 5. The highest BCUT2D eigenvalue weighted by atomic mass is 32.2. The minimum atomic E-state index is -2.98. The number of amides is 1. The number of carbonyl (C=O) groups is 1. The van der Waals surface area contributed by atoms with Gasteiger partial charge in [0.15, 0.2) is 0 Å². The highest BCUT2D eigenvalue weighted by Crippen LogP contribution is 2.21. The predicted molar refractivity (Wildman–Crippen MR) is 131 cm³/mol. The molecule has 1 N–H and O–H groups in total. The van der Waals surface area contributed by atoms with Gasteiger partial charge in [-0.3, -0.25) is 14.5 Å². The fourth-order valence-corrected chi connectivity index (χ4v) is 4.05. The summed E-state index contributed by atoms with van der Waals surface area (Å²) in [5, 5.41) is 0. The van der Waals surface area contributed by atoms with Gasteiger partial charge in [-0.05, 0) is 60.5 Å². The number of aromatic nitrogens is 1. The van der Waals surface area contributed by atoms with Gasteiger partial charge in [-0.15, -0.1) is 0 Å². The zero-order valence-electron chi connectivity index (χ0n) is 17.6. The van der Waals surface area contributed by atoms with E-state index in [0.717, 1.165) is 11.3 Å². The van der Waals surface area contributed by atoms with Crippen LogP contribution in [0.3, 0.4) is 0 Å². The van der Waals surface area contributed by atoms with Crippen molar-refractivity contribution < 1.29 is 13.7 Å². The van der Waals surface area contributed by atoms with E-state index in [1.807, 2.05) is 54.6 Å². The molecule has 1 unspecified atom stereocenters. The number of pyridine rings is 1. The van der Waals surface area contributed by atoms with E-state index in [1.165, 1.54) is 6.20 Å². The average molecular weight is 453 g/mol. The van der Waals surface area contributed by atoms with Crippen LogP contribution < -0.4 is 9.46 Å². The van der Waals surface area contributed by atoms with E-state index in [0.29, 0.717) is 16.2 Å². The molecule has 1 atom stereocenters. The summed E-state index contributed by atoms with van der Waals surface area (Å²) in [4.78, 5) is 17.1. The van der Waals surface area contributed by atoms with E-state index in [2.05, 4.69) is 27.4 Å². The van der Waals surface area contributed by atoms with Gasteiger partial charge in [0.05, 0.1) is 15.3 Å². The molecule has 0 aliphatic carbocycles. The Morgan fingerprint density at radius 1 is 0.818 bits per heavy atom. The van der Waals surface area contributed by atoms with Crippen molar-refractivity contribution in [2.75, 3.05) is 0 Å². The van der Waals surface area contributed by atoms with Crippen molar-refractivity contribution in [1.82, 2.24) is 9.71 Å². The van der Waals surface area contributed by atoms with Gasteiger partial charge in [-0.25, -0.2) is 4.21 Å². The lowest BCUT2D eigenvalue weighted by Crippen LogP contribution is -2.30. The molecule has 6 heteroatoms. The third-order valence-corrected chi connectivity index (χ3v) is 6.12. The Kier molecular flexibility index (Phi) is 6.53. The lowest BCUT2D eigenvalue weighted by atomic mass is 10.1. The summed E-state index contributed by atoms with van der Waals surface area (Å²) in [6, 6.07) is 27.1. The summed E-state index contributed by atoms with van der Waals surface area (Å²) in [5.41, 5.74) is 1.60. The first-order valence-corrected chi connectivity index (χ1v) is 11.8. The van der Waals surface area contributed by atoms with E-state index in [9.17, 15) is 9.00 Å². The second-order valence-corrected chi connectivity index (χ2v) is 9.10. The van der Waals surface area contributed by atoms with Crippen LogP contribution in [-0.4, -0.2) is 21.0 Å². The molecule has 0 bridgehead atoms. The molecule has 4 aromatic rings. The molecular formula is C27H20N2O3S. The second kappa shape index (κ2) is 9.86. The van der Waals surface area contributed by atoms with Gasteiger partial charge in [0.2, 0.25) is 0 Å². The van der Waals surface area contributed by atoms with Crippen molar-refractivity contribution in [3.05, 3.63) is 120 Å². The molecular weight excluding hydrogens is 432 g/mol. The number of nitrogens with zero attached hydrogens (tertiary/aromatic N) is 1. The fourth-order valence-electron chi connectivity index (χ4n) is 2.92. The third kappa shape index (κ3) is 5.88. The van der Waals surface area contributed by atoms with Crippen molar-refractivity contribution in [3.8, 4) is 23.3 Å². The SMILES string of the molecule is C=S(=O)(NC(=O)c1cncc(C#Cc2ccc(Oc3ccccc3)cc2)c1)c1ccccc1. The third-order valence-electron chi connectivity index (χ3n) is 4.57. The van der Waals surface area contributed by atoms with Crippen molar-refractivity contribution in [2.45, 2.75) is 4.90 Å². The molecule has 33 heavy (non-hydrogen) atoms. The van der Waals surface area contributed by atoms with E-state index in [4.69, 9.17) is 4.74 Å². The first kappa shape index (κ1) is 21.9. The Morgan fingerprint density at radius 2 is 1.42 bits per heavy atom. The van der Waals surface area contributed by atoms with Gasteiger partial charge >= 0.3 is 0 Å². The molecule has 4 rings (SSSR count). The summed E-state index contributed by atoms with van der Waals surface area (Å²) >= 11 is 0. The molecule has 5 nitrogen and oxygen atoms in total. The van der Waals surface area contributed by atoms with Crippen LogP contribution in [0.5, 0.6) is 11.5 Å².